The number of hydrogen-bond donors (Lipinski definition) is 3. The minimum absolute atomic E-state index is 0.428. The van der Waals surface area contributed by atoms with Gasteiger partial charge in [0.25, 0.3) is 5.91 Å². The van der Waals surface area contributed by atoms with Gasteiger partial charge in [-0.05, 0) is 18.4 Å². The first-order valence-electron chi connectivity index (χ1n) is 7.69. The maximum absolute atomic E-state index is 12.5. The highest BCUT2D eigenvalue weighted by atomic mass is 16.6. The summed E-state index contributed by atoms with van der Waals surface area (Å²) in [7, 11) is 0. The molecule has 2 atom stereocenters. The lowest BCUT2D eigenvalue weighted by Crippen LogP contribution is -2.56. The second-order valence-corrected chi connectivity index (χ2v) is 5.83. The predicted molar refractivity (Wildman–Crippen MR) is 81.0 cm³/mol. The van der Waals surface area contributed by atoms with Crippen LogP contribution in [0.1, 0.15) is 24.0 Å². The number of fused-ring (bicyclic) bond motifs is 1. The van der Waals surface area contributed by atoms with Crippen molar-refractivity contribution in [1.82, 2.24) is 10.6 Å². The van der Waals surface area contributed by atoms with Gasteiger partial charge in [-0.15, -0.1) is 0 Å². The summed E-state index contributed by atoms with van der Waals surface area (Å²) in [5.41, 5.74) is 6.05. The Morgan fingerprint density at radius 2 is 2.09 bits per heavy atom. The van der Waals surface area contributed by atoms with Gasteiger partial charge in [0.1, 0.15) is 6.04 Å². The molecule has 0 bridgehead atoms. The first kappa shape index (κ1) is 15.0. The molecular formula is C16H21N3O3. The normalized spacial score (nSPS) is 27.7. The molecule has 118 valence electrons. The zero-order valence-electron chi connectivity index (χ0n) is 12.4. The highest BCUT2D eigenvalue weighted by Gasteiger charge is 2.46. The Bertz CT molecular complexity index is 584. The van der Waals surface area contributed by atoms with Crippen LogP contribution in [0.25, 0.3) is 0 Å². The van der Waals surface area contributed by atoms with Crippen molar-refractivity contribution in [2.24, 2.45) is 5.73 Å². The Morgan fingerprint density at radius 3 is 2.82 bits per heavy atom. The number of nitrogens with two attached hydrogens (primary N) is 1. The summed E-state index contributed by atoms with van der Waals surface area (Å²) in [6.07, 6.45) is 2.07. The number of piperazine rings is 1. The number of amides is 1. The van der Waals surface area contributed by atoms with Gasteiger partial charge < -0.3 is 21.1 Å². The van der Waals surface area contributed by atoms with Crippen LogP contribution in [-0.2, 0) is 26.3 Å². The largest absolute Gasteiger partial charge is 0.443 e. The highest BCUT2D eigenvalue weighted by molar-refractivity contribution is 5.89. The SMILES string of the molecule is NC(=O)C1(OC(=O)C2CNCCN2)CCCc2ccccc21. The molecule has 2 aliphatic rings. The molecular weight excluding hydrogens is 282 g/mol. The third kappa shape index (κ3) is 2.60. The second-order valence-electron chi connectivity index (χ2n) is 5.83. The quantitative estimate of drug-likeness (QED) is 0.673. The Labute approximate surface area is 129 Å². The van der Waals surface area contributed by atoms with E-state index in [4.69, 9.17) is 10.5 Å². The average Bonchev–Trinajstić information content (AvgIpc) is 2.55. The smallest absolute Gasteiger partial charge is 0.325 e. The number of carbonyl (C=O) groups is 2. The van der Waals surface area contributed by atoms with Gasteiger partial charge in [0.05, 0.1) is 0 Å². The van der Waals surface area contributed by atoms with Crippen molar-refractivity contribution in [3.8, 4) is 0 Å². The fourth-order valence-corrected chi connectivity index (χ4v) is 3.27. The molecule has 1 fully saturated rings. The molecule has 0 aromatic heterocycles. The maximum atomic E-state index is 12.5. The van der Waals surface area contributed by atoms with Gasteiger partial charge >= 0.3 is 5.97 Å². The molecule has 1 aromatic rings. The molecule has 0 radical (unpaired) electrons. The number of hydrogen-bond acceptors (Lipinski definition) is 5. The van der Waals surface area contributed by atoms with Crippen molar-refractivity contribution in [2.75, 3.05) is 19.6 Å². The van der Waals surface area contributed by atoms with Gasteiger partial charge in [-0.1, -0.05) is 24.3 Å². The van der Waals surface area contributed by atoms with Gasteiger partial charge in [0.2, 0.25) is 5.60 Å². The highest BCUT2D eigenvalue weighted by Crippen LogP contribution is 2.38. The lowest BCUT2D eigenvalue weighted by Gasteiger charge is -2.37. The van der Waals surface area contributed by atoms with Crippen molar-refractivity contribution in [3.05, 3.63) is 35.4 Å². The number of rotatable bonds is 3. The van der Waals surface area contributed by atoms with Gasteiger partial charge in [0.15, 0.2) is 0 Å². The third-order valence-corrected chi connectivity index (χ3v) is 4.43. The third-order valence-electron chi connectivity index (χ3n) is 4.43. The Morgan fingerprint density at radius 1 is 1.27 bits per heavy atom. The molecule has 0 saturated carbocycles. The summed E-state index contributed by atoms with van der Waals surface area (Å²) in [4.78, 5) is 24.6. The van der Waals surface area contributed by atoms with Crippen LogP contribution in [0.3, 0.4) is 0 Å². The lowest BCUT2D eigenvalue weighted by molar-refractivity contribution is -0.172. The number of aryl methyl sites for hydroxylation is 1. The Kier molecular flexibility index (Phi) is 4.13. The fraction of sp³-hybridized carbons (Fsp3) is 0.500. The van der Waals surface area contributed by atoms with Crippen LogP contribution in [-0.4, -0.2) is 37.6 Å². The molecule has 1 aliphatic heterocycles. The van der Waals surface area contributed by atoms with Crippen molar-refractivity contribution in [2.45, 2.75) is 30.9 Å². The van der Waals surface area contributed by atoms with Crippen LogP contribution in [0.5, 0.6) is 0 Å². The van der Waals surface area contributed by atoms with Crippen LogP contribution in [0.2, 0.25) is 0 Å². The number of esters is 1. The number of ether oxygens (including phenoxy) is 1. The molecule has 1 saturated heterocycles. The molecule has 6 heteroatoms. The topological polar surface area (TPSA) is 93.5 Å². The number of primary amides is 1. The van der Waals surface area contributed by atoms with E-state index in [1.165, 1.54) is 0 Å². The molecule has 4 N–H and O–H groups in total. The van der Waals surface area contributed by atoms with Crippen LogP contribution in [0.15, 0.2) is 24.3 Å². The summed E-state index contributed by atoms with van der Waals surface area (Å²) in [5.74, 6) is -1.03. The van der Waals surface area contributed by atoms with E-state index in [-0.39, 0.29) is 0 Å². The van der Waals surface area contributed by atoms with Gasteiger partial charge in [-0.3, -0.25) is 9.59 Å². The number of nitrogens with one attached hydrogen (secondary N) is 2. The monoisotopic (exact) mass is 303 g/mol. The number of carbonyl (C=O) groups excluding carboxylic acids is 2. The Balaban J connectivity index is 1.90. The van der Waals surface area contributed by atoms with Gasteiger partial charge in [0, 0.05) is 31.6 Å². The average molecular weight is 303 g/mol. The minimum Gasteiger partial charge on any atom is -0.443 e. The summed E-state index contributed by atoms with van der Waals surface area (Å²) < 4.78 is 5.69. The maximum Gasteiger partial charge on any atom is 0.325 e. The molecule has 1 aromatic carbocycles. The van der Waals surface area contributed by atoms with E-state index >= 15 is 0 Å². The van der Waals surface area contributed by atoms with E-state index in [9.17, 15) is 9.59 Å². The molecule has 2 unspecified atom stereocenters. The van der Waals surface area contributed by atoms with Crippen molar-refractivity contribution < 1.29 is 14.3 Å². The molecule has 1 amide bonds. The van der Waals surface area contributed by atoms with Gasteiger partial charge in [-0.25, -0.2) is 0 Å². The fourth-order valence-electron chi connectivity index (χ4n) is 3.27. The molecule has 3 rings (SSSR count). The van der Waals surface area contributed by atoms with Crippen molar-refractivity contribution >= 4 is 11.9 Å². The van der Waals surface area contributed by atoms with E-state index in [0.29, 0.717) is 19.5 Å². The summed E-state index contributed by atoms with van der Waals surface area (Å²) in [6, 6.07) is 7.11. The standard InChI is InChI=1S/C16H21N3O3/c17-15(21)16(22-14(20)13-10-18-8-9-19-13)7-3-5-11-4-1-2-6-12(11)16/h1-2,4,6,13,18-19H,3,5,7-10H2,(H2,17,21). The molecule has 6 nitrogen and oxygen atoms in total. The predicted octanol–water partition coefficient (Wildman–Crippen LogP) is -0.192. The molecule has 22 heavy (non-hydrogen) atoms. The van der Waals surface area contributed by atoms with Crippen LogP contribution in [0.4, 0.5) is 0 Å². The van der Waals surface area contributed by atoms with Crippen molar-refractivity contribution in [1.29, 1.82) is 0 Å². The molecule has 1 heterocycles. The summed E-state index contributed by atoms with van der Waals surface area (Å²) in [5, 5.41) is 6.23. The summed E-state index contributed by atoms with van der Waals surface area (Å²) >= 11 is 0. The molecule has 0 spiro atoms. The number of benzene rings is 1. The Hall–Kier alpha value is -1.92. The van der Waals surface area contributed by atoms with Crippen molar-refractivity contribution in [3.63, 3.8) is 0 Å². The van der Waals surface area contributed by atoms with E-state index in [2.05, 4.69) is 10.6 Å². The van der Waals surface area contributed by atoms with Gasteiger partial charge in [-0.2, -0.15) is 0 Å². The molecule has 1 aliphatic carbocycles. The van der Waals surface area contributed by atoms with E-state index in [1.807, 2.05) is 24.3 Å². The lowest BCUT2D eigenvalue weighted by atomic mass is 9.78. The minimum atomic E-state index is -1.34. The van der Waals surface area contributed by atoms with Crippen LogP contribution in [0, 0.1) is 0 Å². The van der Waals surface area contributed by atoms with Crippen LogP contribution < -0.4 is 16.4 Å². The van der Waals surface area contributed by atoms with E-state index in [1.54, 1.807) is 0 Å². The first-order valence-corrected chi connectivity index (χ1v) is 7.69. The second kappa shape index (κ2) is 6.06. The zero-order valence-corrected chi connectivity index (χ0v) is 12.4. The van der Waals surface area contributed by atoms with E-state index < -0.39 is 23.5 Å². The zero-order chi connectivity index (χ0) is 15.6. The summed E-state index contributed by atoms with van der Waals surface area (Å²) in [6.45, 7) is 2.00. The first-order chi connectivity index (χ1) is 10.6. The van der Waals surface area contributed by atoms with E-state index in [0.717, 1.165) is 30.5 Å². The van der Waals surface area contributed by atoms with Crippen LogP contribution >= 0.6 is 0 Å².